The number of allylic oxidation sites excluding steroid dienone is 1. The topological polar surface area (TPSA) is 41.1 Å². The van der Waals surface area contributed by atoms with Gasteiger partial charge in [-0.15, -0.1) is 6.58 Å². The smallest absolute Gasteiger partial charge is 0.221 e. The maximum Gasteiger partial charge on any atom is 0.221 e. The van der Waals surface area contributed by atoms with E-state index < -0.39 is 5.82 Å². The van der Waals surface area contributed by atoms with E-state index in [1.165, 1.54) is 13.0 Å². The Morgan fingerprint density at radius 2 is 2.28 bits per heavy atom. The minimum absolute atomic E-state index is 0.198. The van der Waals surface area contributed by atoms with Crippen molar-refractivity contribution in [2.24, 2.45) is 0 Å². The highest BCUT2D eigenvalue weighted by molar-refractivity contribution is 5.89. The van der Waals surface area contributed by atoms with Gasteiger partial charge in [0.05, 0.1) is 5.69 Å². The van der Waals surface area contributed by atoms with Crippen LogP contribution in [0.2, 0.25) is 0 Å². The predicted octanol–water partition coefficient (Wildman–Crippen LogP) is 3.55. The van der Waals surface area contributed by atoms with Crippen LogP contribution in [-0.2, 0) is 4.79 Å². The minimum Gasteiger partial charge on any atom is -0.383 e. The van der Waals surface area contributed by atoms with Gasteiger partial charge in [-0.05, 0) is 38.0 Å². The molecule has 1 aromatic carbocycles. The summed E-state index contributed by atoms with van der Waals surface area (Å²) in [5.74, 6) is -0.722. The van der Waals surface area contributed by atoms with Crippen LogP contribution in [0.1, 0.15) is 26.7 Å². The first-order valence-corrected chi connectivity index (χ1v) is 5.97. The molecule has 2 N–H and O–H groups in total. The molecular formula is C14H19FN2O. The molecule has 0 spiro atoms. The molecule has 0 aliphatic rings. The van der Waals surface area contributed by atoms with Gasteiger partial charge < -0.3 is 10.6 Å². The normalized spacial score (nSPS) is 11.7. The molecule has 0 fully saturated rings. The number of nitrogens with one attached hydrogen (secondary N) is 2. The van der Waals surface area contributed by atoms with Crippen LogP contribution in [0.25, 0.3) is 0 Å². The molecule has 0 radical (unpaired) electrons. The van der Waals surface area contributed by atoms with E-state index in [9.17, 15) is 9.18 Å². The van der Waals surface area contributed by atoms with Crippen LogP contribution in [-0.4, -0.2) is 11.9 Å². The van der Waals surface area contributed by atoms with Crippen LogP contribution in [0.4, 0.5) is 15.8 Å². The third-order valence-electron chi connectivity index (χ3n) is 2.49. The summed E-state index contributed by atoms with van der Waals surface area (Å²) in [5.41, 5.74) is 0.986. The second-order valence-corrected chi connectivity index (χ2v) is 4.29. The monoisotopic (exact) mass is 250 g/mol. The average Bonchev–Trinajstić information content (AvgIpc) is 2.30. The highest BCUT2D eigenvalue weighted by atomic mass is 19.1. The van der Waals surface area contributed by atoms with Gasteiger partial charge in [0.25, 0.3) is 0 Å². The molecular weight excluding hydrogens is 231 g/mol. The largest absolute Gasteiger partial charge is 0.383 e. The molecule has 1 rings (SSSR count). The quantitative estimate of drug-likeness (QED) is 0.758. The summed E-state index contributed by atoms with van der Waals surface area (Å²) in [6.45, 7) is 7.07. The highest BCUT2D eigenvalue weighted by Gasteiger charge is 2.07. The van der Waals surface area contributed by atoms with Crippen molar-refractivity contribution in [2.75, 3.05) is 10.6 Å². The second-order valence-electron chi connectivity index (χ2n) is 4.29. The Kier molecular flexibility index (Phi) is 5.36. The zero-order chi connectivity index (χ0) is 13.5. The fraction of sp³-hybridized carbons (Fsp3) is 0.357. The Morgan fingerprint density at radius 3 is 2.89 bits per heavy atom. The average molecular weight is 250 g/mol. The first-order chi connectivity index (χ1) is 8.52. The van der Waals surface area contributed by atoms with E-state index >= 15 is 0 Å². The number of hydrogen-bond donors (Lipinski definition) is 2. The van der Waals surface area contributed by atoms with Gasteiger partial charge in [-0.2, -0.15) is 0 Å². The SMILES string of the molecule is C=CCCC(C)Nc1ccc(F)c(NC(C)=O)c1. The molecule has 0 saturated heterocycles. The van der Waals surface area contributed by atoms with Gasteiger partial charge in [-0.1, -0.05) is 6.08 Å². The molecule has 0 bridgehead atoms. The summed E-state index contributed by atoms with van der Waals surface area (Å²) in [6.07, 6.45) is 3.75. The van der Waals surface area contributed by atoms with Gasteiger partial charge in [-0.25, -0.2) is 4.39 Å². The summed E-state index contributed by atoms with van der Waals surface area (Å²) in [5, 5.41) is 5.71. The number of halogens is 1. The molecule has 0 aromatic heterocycles. The van der Waals surface area contributed by atoms with E-state index in [1.807, 2.05) is 13.0 Å². The molecule has 98 valence electrons. The van der Waals surface area contributed by atoms with E-state index in [1.54, 1.807) is 12.1 Å². The van der Waals surface area contributed by atoms with E-state index in [0.717, 1.165) is 18.5 Å². The van der Waals surface area contributed by atoms with Gasteiger partial charge in [0.1, 0.15) is 5.82 Å². The van der Waals surface area contributed by atoms with Crippen LogP contribution in [0.5, 0.6) is 0 Å². The Labute approximate surface area is 107 Å². The third-order valence-corrected chi connectivity index (χ3v) is 2.49. The number of hydrogen-bond acceptors (Lipinski definition) is 2. The molecule has 4 heteroatoms. The summed E-state index contributed by atoms with van der Waals surface area (Å²) in [4.78, 5) is 10.9. The first-order valence-electron chi connectivity index (χ1n) is 5.97. The molecule has 1 unspecified atom stereocenters. The lowest BCUT2D eigenvalue weighted by molar-refractivity contribution is -0.114. The van der Waals surface area contributed by atoms with Crippen molar-refractivity contribution in [2.45, 2.75) is 32.7 Å². The van der Waals surface area contributed by atoms with Gasteiger partial charge >= 0.3 is 0 Å². The Morgan fingerprint density at radius 1 is 1.56 bits per heavy atom. The number of anilines is 2. The molecule has 0 saturated carbocycles. The zero-order valence-corrected chi connectivity index (χ0v) is 10.8. The zero-order valence-electron chi connectivity index (χ0n) is 10.8. The number of rotatable bonds is 6. The Balaban J connectivity index is 2.71. The van der Waals surface area contributed by atoms with Crippen molar-refractivity contribution in [3.8, 4) is 0 Å². The molecule has 1 aromatic rings. The summed E-state index contributed by atoms with van der Waals surface area (Å²) >= 11 is 0. The maximum atomic E-state index is 13.4. The van der Waals surface area contributed by atoms with Crippen LogP contribution in [0.3, 0.4) is 0 Å². The molecule has 0 heterocycles. The van der Waals surface area contributed by atoms with E-state index in [-0.39, 0.29) is 17.6 Å². The fourth-order valence-electron chi connectivity index (χ4n) is 1.63. The number of carbonyl (C=O) groups excluding carboxylic acids is 1. The van der Waals surface area contributed by atoms with Gasteiger partial charge in [0.2, 0.25) is 5.91 Å². The number of carbonyl (C=O) groups is 1. The van der Waals surface area contributed by atoms with Crippen LogP contribution < -0.4 is 10.6 Å². The molecule has 0 aliphatic heterocycles. The van der Waals surface area contributed by atoms with E-state index in [2.05, 4.69) is 17.2 Å². The van der Waals surface area contributed by atoms with Crippen molar-refractivity contribution < 1.29 is 9.18 Å². The highest BCUT2D eigenvalue weighted by Crippen LogP contribution is 2.20. The van der Waals surface area contributed by atoms with Gasteiger partial charge in [0, 0.05) is 18.7 Å². The van der Waals surface area contributed by atoms with Crippen LogP contribution >= 0.6 is 0 Å². The fourth-order valence-corrected chi connectivity index (χ4v) is 1.63. The first kappa shape index (κ1) is 14.2. The summed E-state index contributed by atoms with van der Waals surface area (Å²) in [7, 11) is 0. The number of benzene rings is 1. The van der Waals surface area contributed by atoms with Crippen molar-refractivity contribution in [3.05, 3.63) is 36.7 Å². The Hall–Kier alpha value is -1.84. The van der Waals surface area contributed by atoms with Crippen LogP contribution in [0, 0.1) is 5.82 Å². The lowest BCUT2D eigenvalue weighted by Gasteiger charge is -2.15. The lowest BCUT2D eigenvalue weighted by Crippen LogP contribution is -2.15. The standard InChI is InChI=1S/C14H19FN2O/c1-4-5-6-10(2)16-12-7-8-13(15)14(9-12)17-11(3)18/h4,7-10,16H,1,5-6H2,2-3H3,(H,17,18). The maximum absolute atomic E-state index is 13.4. The molecule has 0 aliphatic carbocycles. The lowest BCUT2D eigenvalue weighted by atomic mass is 10.1. The predicted molar refractivity (Wildman–Crippen MR) is 73.2 cm³/mol. The van der Waals surface area contributed by atoms with Crippen molar-refractivity contribution in [1.29, 1.82) is 0 Å². The summed E-state index contributed by atoms with van der Waals surface area (Å²) in [6, 6.07) is 4.86. The van der Waals surface area contributed by atoms with Crippen molar-refractivity contribution in [3.63, 3.8) is 0 Å². The van der Waals surface area contributed by atoms with Crippen LogP contribution in [0.15, 0.2) is 30.9 Å². The van der Waals surface area contributed by atoms with E-state index in [4.69, 9.17) is 0 Å². The van der Waals surface area contributed by atoms with Crippen molar-refractivity contribution in [1.82, 2.24) is 0 Å². The van der Waals surface area contributed by atoms with Gasteiger partial charge in [-0.3, -0.25) is 4.79 Å². The number of amides is 1. The second kappa shape index (κ2) is 6.79. The summed E-state index contributed by atoms with van der Waals surface area (Å²) < 4.78 is 13.4. The van der Waals surface area contributed by atoms with E-state index in [0.29, 0.717) is 0 Å². The molecule has 1 amide bonds. The molecule has 18 heavy (non-hydrogen) atoms. The van der Waals surface area contributed by atoms with Gasteiger partial charge in [0.15, 0.2) is 0 Å². The minimum atomic E-state index is -0.436. The Bertz CT molecular complexity index is 432. The molecule has 3 nitrogen and oxygen atoms in total. The van der Waals surface area contributed by atoms with Crippen molar-refractivity contribution >= 4 is 17.3 Å². The molecule has 1 atom stereocenters. The third kappa shape index (κ3) is 4.57.